The molecule has 176 valence electrons. The molecule has 11 nitrogen and oxygen atoms in total. The van der Waals surface area contributed by atoms with Crippen molar-refractivity contribution >= 4 is 37.6 Å². The predicted octanol–water partition coefficient (Wildman–Crippen LogP) is -0.383. The molecule has 1 aromatic carbocycles. The largest absolute Gasteiger partial charge is 0.352 e. The van der Waals surface area contributed by atoms with E-state index >= 15 is 0 Å². The van der Waals surface area contributed by atoms with Crippen LogP contribution in [-0.2, 0) is 31.9 Å². The van der Waals surface area contributed by atoms with Crippen LogP contribution >= 0.6 is 11.6 Å². The van der Waals surface area contributed by atoms with E-state index in [0.717, 1.165) is 37.6 Å². The molecule has 1 aromatic heterocycles. The molecule has 0 radical (unpaired) electrons. The van der Waals surface area contributed by atoms with Crippen molar-refractivity contribution in [2.24, 2.45) is 12.8 Å². The van der Waals surface area contributed by atoms with E-state index in [4.69, 9.17) is 17.3 Å². The van der Waals surface area contributed by atoms with Crippen LogP contribution in [0.3, 0.4) is 0 Å². The lowest BCUT2D eigenvalue weighted by molar-refractivity contribution is -0.126. The van der Waals surface area contributed by atoms with E-state index in [2.05, 4.69) is 10.4 Å². The van der Waals surface area contributed by atoms with Crippen molar-refractivity contribution in [1.29, 1.82) is 0 Å². The van der Waals surface area contributed by atoms with Crippen LogP contribution in [0.2, 0.25) is 5.15 Å². The SMILES string of the molecule is Cc1nn(C)c(Cl)c1S(=O)(=O)N1CCN(S(=O)(=O)c2ccc(F)cc2)C1C(=O)NCCN. The van der Waals surface area contributed by atoms with Crippen LogP contribution in [0.4, 0.5) is 4.39 Å². The number of rotatable bonds is 7. The minimum absolute atomic E-state index is 0.000331. The third kappa shape index (κ3) is 4.25. The summed E-state index contributed by atoms with van der Waals surface area (Å²) >= 11 is 6.14. The van der Waals surface area contributed by atoms with E-state index in [1.807, 2.05) is 0 Å². The van der Waals surface area contributed by atoms with Gasteiger partial charge in [0.1, 0.15) is 15.9 Å². The lowest BCUT2D eigenvalue weighted by Crippen LogP contribution is -2.54. The average Bonchev–Trinajstić information content (AvgIpc) is 3.29. The average molecular weight is 509 g/mol. The fourth-order valence-electron chi connectivity index (χ4n) is 3.40. The Balaban J connectivity index is 2.09. The number of hydrogen-bond acceptors (Lipinski definition) is 7. The predicted molar refractivity (Wildman–Crippen MR) is 113 cm³/mol. The Bertz CT molecular complexity index is 1230. The van der Waals surface area contributed by atoms with Crippen LogP contribution in [0.15, 0.2) is 34.1 Å². The van der Waals surface area contributed by atoms with E-state index in [9.17, 15) is 26.0 Å². The number of carbonyl (C=O) groups excluding carboxylic acids is 1. The summed E-state index contributed by atoms with van der Waals surface area (Å²) in [4.78, 5) is 12.3. The fraction of sp³-hybridized carbons (Fsp3) is 0.412. The molecular weight excluding hydrogens is 487 g/mol. The van der Waals surface area contributed by atoms with Gasteiger partial charge in [0.15, 0.2) is 6.17 Å². The molecule has 1 atom stereocenters. The van der Waals surface area contributed by atoms with Gasteiger partial charge in [0.2, 0.25) is 20.0 Å². The summed E-state index contributed by atoms with van der Waals surface area (Å²) in [6, 6.07) is 4.00. The Hall–Kier alpha value is -2.10. The van der Waals surface area contributed by atoms with Gasteiger partial charge in [-0.3, -0.25) is 9.48 Å². The van der Waals surface area contributed by atoms with Crippen molar-refractivity contribution in [2.75, 3.05) is 26.2 Å². The van der Waals surface area contributed by atoms with Gasteiger partial charge in [0.05, 0.1) is 10.6 Å². The summed E-state index contributed by atoms with van der Waals surface area (Å²) in [5, 5.41) is 6.24. The highest BCUT2D eigenvalue weighted by Gasteiger charge is 2.50. The Morgan fingerprint density at radius 2 is 1.75 bits per heavy atom. The van der Waals surface area contributed by atoms with Crippen molar-refractivity contribution in [3.63, 3.8) is 0 Å². The molecule has 32 heavy (non-hydrogen) atoms. The Morgan fingerprint density at radius 1 is 1.19 bits per heavy atom. The maximum absolute atomic E-state index is 13.4. The van der Waals surface area contributed by atoms with E-state index in [0.29, 0.717) is 0 Å². The maximum Gasteiger partial charge on any atom is 0.254 e. The zero-order chi connectivity index (χ0) is 23.8. The molecule has 2 aromatic rings. The lowest BCUT2D eigenvalue weighted by atomic mass is 10.4. The number of nitrogens with one attached hydrogen (secondary N) is 1. The van der Waals surface area contributed by atoms with E-state index in [1.165, 1.54) is 14.0 Å². The number of amides is 1. The Morgan fingerprint density at radius 3 is 2.25 bits per heavy atom. The van der Waals surface area contributed by atoms with Crippen LogP contribution < -0.4 is 11.1 Å². The van der Waals surface area contributed by atoms with Crippen LogP contribution in [-0.4, -0.2) is 73.5 Å². The molecule has 0 aliphatic carbocycles. The molecule has 1 unspecified atom stereocenters. The lowest BCUT2D eigenvalue weighted by Gasteiger charge is -2.28. The van der Waals surface area contributed by atoms with E-state index < -0.39 is 37.9 Å². The van der Waals surface area contributed by atoms with Crippen molar-refractivity contribution in [3.05, 3.63) is 40.9 Å². The highest BCUT2D eigenvalue weighted by Crippen LogP contribution is 2.33. The molecular formula is C17H22ClFN6O5S2. The summed E-state index contributed by atoms with van der Waals surface area (Å²) in [5.74, 6) is -1.52. The summed E-state index contributed by atoms with van der Waals surface area (Å²) in [7, 11) is -7.32. The van der Waals surface area contributed by atoms with Gasteiger partial charge in [-0.2, -0.15) is 13.7 Å². The fourth-order valence-corrected chi connectivity index (χ4v) is 7.26. The minimum Gasteiger partial charge on any atom is -0.352 e. The molecule has 1 fully saturated rings. The number of aromatic nitrogens is 2. The summed E-state index contributed by atoms with van der Waals surface area (Å²) in [6.45, 7) is 0.875. The molecule has 2 heterocycles. The third-order valence-electron chi connectivity index (χ3n) is 4.85. The molecule has 1 amide bonds. The van der Waals surface area contributed by atoms with Gasteiger partial charge < -0.3 is 11.1 Å². The topological polar surface area (TPSA) is 148 Å². The van der Waals surface area contributed by atoms with Gasteiger partial charge in [-0.05, 0) is 31.2 Å². The smallest absolute Gasteiger partial charge is 0.254 e. The second-order valence-electron chi connectivity index (χ2n) is 6.97. The molecule has 1 aliphatic rings. The van der Waals surface area contributed by atoms with Gasteiger partial charge in [0, 0.05) is 33.2 Å². The van der Waals surface area contributed by atoms with Crippen molar-refractivity contribution in [1.82, 2.24) is 23.7 Å². The molecule has 3 rings (SSSR count). The summed E-state index contributed by atoms with van der Waals surface area (Å²) in [6.07, 6.45) is -1.74. The van der Waals surface area contributed by atoms with Gasteiger partial charge in [-0.1, -0.05) is 11.6 Å². The highest BCUT2D eigenvalue weighted by molar-refractivity contribution is 7.90. The number of carbonyl (C=O) groups is 1. The van der Waals surface area contributed by atoms with Crippen LogP contribution in [0.5, 0.6) is 0 Å². The summed E-state index contributed by atoms with van der Waals surface area (Å²) in [5.41, 5.74) is 5.51. The standard InChI is InChI=1S/C17H22ClFN6O5S2/c1-11-14(15(18)23(2)22-11)32(29,30)25-10-9-24(17(25)16(26)21-8-7-20)31(27,28)13-5-3-12(19)4-6-13/h3-6,17H,7-10,20H2,1-2H3,(H,21,26). The van der Waals surface area contributed by atoms with Crippen LogP contribution in [0.1, 0.15) is 5.69 Å². The van der Waals surface area contributed by atoms with E-state index in [1.54, 1.807) is 0 Å². The Labute approximate surface area is 190 Å². The number of nitrogens with zero attached hydrogens (tertiary/aromatic N) is 4. The number of aryl methyl sites for hydroxylation is 2. The van der Waals surface area contributed by atoms with E-state index in [-0.39, 0.29) is 46.8 Å². The third-order valence-corrected chi connectivity index (χ3v) is 9.27. The van der Waals surface area contributed by atoms with Gasteiger partial charge in [-0.15, -0.1) is 0 Å². The zero-order valence-electron chi connectivity index (χ0n) is 17.2. The molecule has 1 aliphatic heterocycles. The number of halogens is 2. The second-order valence-corrected chi connectivity index (χ2v) is 11.0. The minimum atomic E-state index is -4.42. The van der Waals surface area contributed by atoms with Crippen LogP contribution in [0.25, 0.3) is 0 Å². The first-order valence-corrected chi connectivity index (χ1v) is 12.6. The van der Waals surface area contributed by atoms with Gasteiger partial charge in [0.25, 0.3) is 5.91 Å². The molecule has 0 saturated carbocycles. The summed E-state index contributed by atoms with van der Waals surface area (Å²) < 4.78 is 69.3. The quantitative estimate of drug-likeness (QED) is 0.517. The molecule has 1 saturated heterocycles. The first kappa shape index (κ1) is 24.5. The van der Waals surface area contributed by atoms with Crippen molar-refractivity contribution < 1.29 is 26.0 Å². The first-order valence-electron chi connectivity index (χ1n) is 9.39. The van der Waals surface area contributed by atoms with Crippen molar-refractivity contribution in [3.8, 4) is 0 Å². The maximum atomic E-state index is 13.4. The van der Waals surface area contributed by atoms with Crippen LogP contribution in [0, 0.1) is 12.7 Å². The van der Waals surface area contributed by atoms with Gasteiger partial charge >= 0.3 is 0 Å². The first-order chi connectivity index (χ1) is 14.9. The highest BCUT2D eigenvalue weighted by atomic mass is 35.5. The second kappa shape index (κ2) is 9.03. The number of benzene rings is 1. The number of hydrogen-bond donors (Lipinski definition) is 2. The molecule has 0 spiro atoms. The number of sulfonamides is 2. The zero-order valence-corrected chi connectivity index (χ0v) is 19.6. The monoisotopic (exact) mass is 508 g/mol. The molecule has 15 heteroatoms. The Kier molecular flexibility index (Phi) is 6.93. The normalized spacial score (nSPS) is 18.2. The molecule has 3 N–H and O–H groups in total. The number of nitrogens with two attached hydrogens (primary N) is 1. The van der Waals surface area contributed by atoms with Crippen molar-refractivity contribution in [2.45, 2.75) is 22.9 Å². The van der Waals surface area contributed by atoms with Gasteiger partial charge in [-0.25, -0.2) is 21.2 Å². The molecule has 0 bridgehead atoms.